The van der Waals surface area contributed by atoms with Gasteiger partial charge in [-0.25, -0.2) is 0 Å². The van der Waals surface area contributed by atoms with Crippen molar-refractivity contribution >= 4 is 53.5 Å². The number of amides is 3. The first-order chi connectivity index (χ1) is 43.2. The van der Waals surface area contributed by atoms with Crippen molar-refractivity contribution in [1.82, 2.24) is 16.0 Å². The molecule has 0 aromatic rings. The summed E-state index contributed by atoms with van der Waals surface area (Å²) in [5, 5.41) is 21.6. The van der Waals surface area contributed by atoms with E-state index in [0.29, 0.717) is 78.0 Å². The molecule has 27 heteroatoms. The van der Waals surface area contributed by atoms with Crippen molar-refractivity contribution in [3.8, 4) is 0 Å². The molecule has 0 radical (unpaired) electrons. The van der Waals surface area contributed by atoms with Crippen molar-refractivity contribution in [3.05, 3.63) is 10.1 Å². The summed E-state index contributed by atoms with van der Waals surface area (Å²) in [5.74, 6) is -4.76. The third-order valence-electron chi connectivity index (χ3n) is 17.5. The lowest BCUT2D eigenvalue weighted by atomic mass is 9.84. The van der Waals surface area contributed by atoms with Crippen LogP contribution in [-0.4, -0.2) is 179 Å². The Balaban J connectivity index is 1.48. The normalized spacial score (nSPS) is 27.0. The molecular formula is C64H108N4O23. The maximum Gasteiger partial charge on any atom is 0.303 e. The molecule has 0 spiro atoms. The Morgan fingerprint density at radius 3 is 0.868 bits per heavy atom. The van der Waals surface area contributed by atoms with Crippen LogP contribution in [0.5, 0.6) is 0 Å². The quantitative estimate of drug-likeness (QED) is 0.0184. The van der Waals surface area contributed by atoms with Crippen molar-refractivity contribution in [2.24, 2.45) is 35.5 Å². The van der Waals surface area contributed by atoms with Gasteiger partial charge in [0.1, 0.15) is 56.4 Å². The average Bonchev–Trinajstić information content (AvgIpc) is 0.888. The minimum absolute atomic E-state index is 0.0841. The van der Waals surface area contributed by atoms with Gasteiger partial charge in [-0.1, -0.05) is 80.1 Å². The topological polar surface area (TPSA) is 344 Å². The van der Waals surface area contributed by atoms with Gasteiger partial charge in [0.25, 0.3) is 0 Å². The fourth-order valence-electron chi connectivity index (χ4n) is 11.5. The van der Waals surface area contributed by atoms with Crippen LogP contribution in [0.3, 0.4) is 0 Å². The van der Waals surface area contributed by atoms with E-state index in [9.17, 15) is 53.3 Å². The zero-order chi connectivity index (χ0) is 67.6. The van der Waals surface area contributed by atoms with E-state index in [1.807, 2.05) is 41.5 Å². The van der Waals surface area contributed by atoms with Gasteiger partial charge in [-0.15, -0.1) is 0 Å². The van der Waals surface area contributed by atoms with E-state index in [4.69, 9.17) is 56.8 Å². The van der Waals surface area contributed by atoms with Gasteiger partial charge in [-0.3, -0.25) is 53.3 Å². The van der Waals surface area contributed by atoms with Crippen LogP contribution in [0.1, 0.15) is 199 Å². The molecule has 0 bridgehead atoms. The Kier molecular flexibility index (Phi) is 37.3. The molecule has 0 aromatic heterocycles. The predicted octanol–water partition coefficient (Wildman–Crippen LogP) is 6.90. The highest BCUT2D eigenvalue weighted by atomic mass is 16.7. The molecule has 3 heterocycles. The van der Waals surface area contributed by atoms with Crippen molar-refractivity contribution in [1.29, 1.82) is 0 Å². The Labute approximate surface area is 537 Å². The van der Waals surface area contributed by atoms with E-state index in [1.165, 1.54) is 41.5 Å². The number of esters is 6. The number of hydrogen-bond donors (Lipinski definition) is 3. The number of nitrogens with zero attached hydrogens (tertiary/aromatic N) is 1. The first-order valence-electron chi connectivity index (χ1n) is 32.8. The van der Waals surface area contributed by atoms with Crippen molar-refractivity contribution in [2.75, 3.05) is 59.3 Å². The number of ether oxygens (including phenoxy) is 12. The average molecular weight is 1300 g/mol. The smallest absolute Gasteiger partial charge is 0.303 e. The lowest BCUT2D eigenvalue weighted by Gasteiger charge is -2.43. The van der Waals surface area contributed by atoms with E-state index in [-0.39, 0.29) is 112 Å². The molecule has 3 aliphatic heterocycles. The molecule has 0 aliphatic carbocycles. The summed E-state index contributed by atoms with van der Waals surface area (Å²) < 4.78 is 68.7. The van der Waals surface area contributed by atoms with Crippen LogP contribution in [0.2, 0.25) is 0 Å². The molecule has 0 saturated carbocycles. The molecule has 0 aromatic carbocycles. The first kappa shape index (κ1) is 79.6. The monoisotopic (exact) mass is 1300 g/mol. The molecule has 15 unspecified atom stereocenters. The summed E-state index contributed by atoms with van der Waals surface area (Å²) in [6, 6.07) is 0. The number of carbonyl (C=O) groups excluding carboxylic acids is 9. The number of hydrogen-bond acceptors (Lipinski definition) is 23. The Morgan fingerprint density at radius 1 is 0.385 bits per heavy atom. The molecular weight excluding hydrogens is 1190 g/mol. The van der Waals surface area contributed by atoms with Crippen molar-refractivity contribution in [2.45, 2.75) is 260 Å². The highest BCUT2D eigenvalue weighted by Crippen LogP contribution is 2.37. The predicted molar refractivity (Wildman–Crippen MR) is 327 cm³/mol. The van der Waals surface area contributed by atoms with E-state index < -0.39 is 102 Å². The Hall–Kier alpha value is -5.61. The van der Waals surface area contributed by atoms with Crippen LogP contribution >= 0.6 is 0 Å². The van der Waals surface area contributed by atoms with Crippen LogP contribution in [-0.2, 0) is 100.0 Å². The fraction of sp³-hybridized carbons (Fsp3) is 0.859. The minimum atomic E-state index is -1.75. The molecule has 3 amide bonds. The minimum Gasteiger partial charge on any atom is -0.463 e. The molecule has 3 aliphatic rings. The molecule has 15 atom stereocenters. The summed E-state index contributed by atoms with van der Waals surface area (Å²) in [5.41, 5.74) is -1.75. The van der Waals surface area contributed by atoms with E-state index >= 15 is 0 Å². The van der Waals surface area contributed by atoms with Crippen molar-refractivity contribution in [3.63, 3.8) is 0 Å². The number of unbranched alkanes of at least 4 members (excludes halogenated alkanes) is 9. The second kappa shape index (κ2) is 42.6. The fourth-order valence-corrected chi connectivity index (χ4v) is 11.5. The van der Waals surface area contributed by atoms with Crippen LogP contribution in [0, 0.1) is 45.6 Å². The zero-order valence-electron chi connectivity index (χ0n) is 56.1. The van der Waals surface area contributed by atoms with Crippen LogP contribution < -0.4 is 16.0 Å². The van der Waals surface area contributed by atoms with Crippen LogP contribution in [0.4, 0.5) is 0 Å². The Bertz CT molecular complexity index is 2040. The number of nitrogens with one attached hydrogen (secondary N) is 3. The maximum absolute atomic E-state index is 13.2. The van der Waals surface area contributed by atoms with Gasteiger partial charge in [0.2, 0.25) is 23.3 Å². The van der Waals surface area contributed by atoms with Crippen molar-refractivity contribution < 1.29 is 105 Å². The molecule has 91 heavy (non-hydrogen) atoms. The SMILES string of the molecule is CC(=O)OCC1OC(OCCCCCCNC(=O)CCC(CCC(=O)NCCCCCCOC2OC(COC(C)=O)C(OC(C)=O)C(C)C2C)(CCC(=O)NCCCCCCOC2OC(COC(C)=O)C(OC(C)=O)C(C)C2C)[N+](=O)[O-])C(C)C(C)C1OC(C)=O. The molecule has 3 fully saturated rings. The summed E-state index contributed by atoms with van der Waals surface area (Å²) in [6.07, 6.45) is 1.73. The second-order valence-corrected chi connectivity index (χ2v) is 24.8. The summed E-state index contributed by atoms with van der Waals surface area (Å²) in [4.78, 5) is 122. The molecule has 27 nitrogen and oxygen atoms in total. The van der Waals surface area contributed by atoms with E-state index in [2.05, 4.69) is 16.0 Å². The van der Waals surface area contributed by atoms with E-state index in [1.54, 1.807) is 0 Å². The third kappa shape index (κ3) is 29.9. The molecule has 3 rings (SSSR count). The third-order valence-corrected chi connectivity index (χ3v) is 17.5. The molecule has 3 N–H and O–H groups in total. The van der Waals surface area contributed by atoms with Gasteiger partial charge in [0, 0.05) is 160 Å². The number of rotatable bonds is 43. The number of carbonyl (C=O) groups is 9. The maximum atomic E-state index is 13.2. The van der Waals surface area contributed by atoms with E-state index in [0.717, 1.165) is 38.5 Å². The summed E-state index contributed by atoms with van der Waals surface area (Å²) in [6.45, 7) is 21.3. The van der Waals surface area contributed by atoms with Crippen LogP contribution in [0.25, 0.3) is 0 Å². The number of nitro groups is 1. The van der Waals surface area contributed by atoms with Gasteiger partial charge in [0.05, 0.1) is 0 Å². The zero-order valence-corrected chi connectivity index (χ0v) is 56.1. The standard InChI is InChI=1S/C64H108N4O23/c1-40-43(4)61(89-52(37-83-46(7)69)58(40)86-49(10)72)80-34-22-16-13-19-31-65-55(75)25-28-64(68(78)79,29-26-56(76)66-32-20-14-17-23-35-81-62-44(5)41(2)59(87-50(11)73)53(90-62)38-84-47(8)70)30-27-57(77)67-33-21-15-18-24-36-82-63-45(6)42(3)60(88-51(12)74)54(91-63)39-85-48(9)71/h40-45,52-54,58-63H,13-39H2,1-12H3,(H,65,75)(H,66,76)(H,67,77). The largest absolute Gasteiger partial charge is 0.463 e. The van der Waals surface area contributed by atoms with Gasteiger partial charge in [0.15, 0.2) is 18.9 Å². The molecule has 522 valence electrons. The van der Waals surface area contributed by atoms with Gasteiger partial charge < -0.3 is 72.8 Å². The first-order valence-corrected chi connectivity index (χ1v) is 32.8. The second-order valence-electron chi connectivity index (χ2n) is 24.8. The lowest BCUT2D eigenvalue weighted by molar-refractivity contribution is -0.573. The van der Waals surface area contributed by atoms with Crippen LogP contribution in [0.15, 0.2) is 0 Å². The highest BCUT2D eigenvalue weighted by Gasteiger charge is 2.48. The van der Waals surface area contributed by atoms with Gasteiger partial charge in [-0.2, -0.15) is 0 Å². The van der Waals surface area contributed by atoms with Gasteiger partial charge >= 0.3 is 35.8 Å². The summed E-state index contributed by atoms with van der Waals surface area (Å²) in [7, 11) is 0. The summed E-state index contributed by atoms with van der Waals surface area (Å²) >= 11 is 0. The van der Waals surface area contributed by atoms with Gasteiger partial charge in [-0.05, 0) is 38.5 Å². The Morgan fingerprint density at radius 2 is 0.637 bits per heavy atom. The highest BCUT2D eigenvalue weighted by molar-refractivity contribution is 5.77. The lowest BCUT2D eigenvalue weighted by Crippen LogP contribution is -2.53. The molecule has 3 saturated heterocycles.